The summed E-state index contributed by atoms with van der Waals surface area (Å²) < 4.78 is 11.0. The number of phenolic OH excluding ortho intramolecular Hbond substituents is 3. The molecule has 1 fully saturated rings. The van der Waals surface area contributed by atoms with Crippen molar-refractivity contribution in [2.45, 2.75) is 43.5 Å². The number of nitrogens with one attached hydrogen (secondary N) is 1. The lowest BCUT2D eigenvalue weighted by molar-refractivity contribution is -0.277. The maximum absolute atomic E-state index is 13.0. The number of halogens is 1. The van der Waals surface area contributed by atoms with Crippen LogP contribution in [0.3, 0.4) is 0 Å². The first-order chi connectivity index (χ1) is 17.0. The topological polar surface area (TPSA) is 206 Å². The highest BCUT2D eigenvalue weighted by molar-refractivity contribution is 14.1. The van der Waals surface area contributed by atoms with Crippen LogP contribution < -0.4 is 10.1 Å². The smallest absolute Gasteiger partial charge is 0.234 e. The molecule has 0 spiro atoms. The van der Waals surface area contributed by atoms with Crippen molar-refractivity contribution in [3.05, 3.63) is 41.5 Å². The molecular formula is C23H26INO11. The van der Waals surface area contributed by atoms with Crippen molar-refractivity contribution in [1.29, 1.82) is 0 Å². The Labute approximate surface area is 218 Å². The molecule has 36 heavy (non-hydrogen) atoms. The molecule has 0 bridgehead atoms. The average Bonchev–Trinajstić information content (AvgIpc) is 2.84. The summed E-state index contributed by atoms with van der Waals surface area (Å²) in [7, 11) is 0. The number of ether oxygens (including phenoxy) is 2. The van der Waals surface area contributed by atoms with Crippen molar-refractivity contribution in [1.82, 2.24) is 0 Å². The average molecular weight is 619 g/mol. The summed E-state index contributed by atoms with van der Waals surface area (Å²) in [6.45, 7) is -0.700. The first-order valence-electron chi connectivity index (χ1n) is 10.8. The molecule has 1 amide bonds. The molecule has 0 radical (unpaired) electrons. The number of alkyl halides is 1. The second-order valence-electron chi connectivity index (χ2n) is 8.11. The summed E-state index contributed by atoms with van der Waals surface area (Å²) in [5, 5.41) is 72.2. The van der Waals surface area contributed by atoms with Crippen molar-refractivity contribution >= 4 is 40.0 Å². The molecule has 1 heterocycles. The van der Waals surface area contributed by atoms with Gasteiger partial charge in [-0.2, -0.15) is 0 Å². The van der Waals surface area contributed by atoms with Crippen LogP contribution in [0.25, 0.3) is 0 Å². The minimum atomic E-state index is -1.77. The Bertz CT molecular complexity index is 1110. The van der Waals surface area contributed by atoms with E-state index < -0.39 is 54.6 Å². The van der Waals surface area contributed by atoms with E-state index in [1.165, 1.54) is 12.1 Å². The minimum absolute atomic E-state index is 0.144. The number of carbonyl (C=O) groups excluding carboxylic acids is 2. The minimum Gasteiger partial charge on any atom is -0.508 e. The third-order valence-electron chi connectivity index (χ3n) is 5.53. The Hall–Kier alpha value is -2.69. The molecule has 12 nitrogen and oxygen atoms in total. The van der Waals surface area contributed by atoms with Gasteiger partial charge in [0, 0.05) is 18.6 Å². The van der Waals surface area contributed by atoms with Gasteiger partial charge in [0.05, 0.1) is 16.7 Å². The summed E-state index contributed by atoms with van der Waals surface area (Å²) in [4.78, 5) is 24.7. The number of benzene rings is 2. The van der Waals surface area contributed by atoms with Crippen LogP contribution in [-0.4, -0.2) is 89.2 Å². The highest BCUT2D eigenvalue weighted by atomic mass is 127. The second-order valence-corrected chi connectivity index (χ2v) is 8.87. The summed E-state index contributed by atoms with van der Waals surface area (Å²) in [5.41, 5.74) is 0.447. The quantitative estimate of drug-likeness (QED) is 0.0822. The van der Waals surface area contributed by atoms with E-state index >= 15 is 0 Å². The molecule has 0 aliphatic carbocycles. The maximum Gasteiger partial charge on any atom is 0.234 e. The normalized spacial score (nSPS) is 23.8. The monoisotopic (exact) mass is 619 g/mol. The van der Waals surface area contributed by atoms with Gasteiger partial charge in [-0.3, -0.25) is 9.59 Å². The van der Waals surface area contributed by atoms with Gasteiger partial charge in [0.25, 0.3) is 0 Å². The molecule has 1 aliphatic heterocycles. The number of Topliss-reactive ketones (excluding diaryl/α,β-unsaturated/α-hetero) is 1. The lowest BCUT2D eigenvalue weighted by atomic mass is 9.98. The highest BCUT2D eigenvalue weighted by Crippen LogP contribution is 2.36. The Morgan fingerprint density at radius 2 is 1.72 bits per heavy atom. The number of amides is 1. The van der Waals surface area contributed by atoms with Crippen LogP contribution in [0, 0.1) is 0 Å². The third-order valence-corrected chi connectivity index (χ3v) is 6.23. The van der Waals surface area contributed by atoms with Crippen molar-refractivity contribution in [3.8, 4) is 23.0 Å². The molecule has 8 N–H and O–H groups in total. The first kappa shape index (κ1) is 27.9. The Morgan fingerprint density at radius 3 is 2.39 bits per heavy atom. The van der Waals surface area contributed by atoms with Crippen molar-refractivity contribution in [2.24, 2.45) is 0 Å². The van der Waals surface area contributed by atoms with Gasteiger partial charge in [-0.15, -0.1) is 0 Å². The van der Waals surface area contributed by atoms with E-state index in [9.17, 15) is 45.3 Å². The van der Waals surface area contributed by atoms with E-state index in [-0.39, 0.29) is 45.9 Å². The number of ketones is 1. The van der Waals surface area contributed by atoms with E-state index in [1.807, 2.05) is 22.6 Å². The molecule has 2 aromatic rings. The summed E-state index contributed by atoms with van der Waals surface area (Å²) >= 11 is 1.87. The van der Waals surface area contributed by atoms with Crippen molar-refractivity contribution < 1.29 is 54.8 Å². The van der Waals surface area contributed by atoms with Gasteiger partial charge in [-0.05, 0) is 24.1 Å². The molecule has 0 unspecified atom stereocenters. The molecule has 196 valence electrons. The SMILES string of the molecule is O=C(CI)Nc1cc(CCC(=O)c2c(O)cc(O)cc2O[C@@H]2O[C@@H](CO)[C@@H](O)[C@H](O)[C@@H]2O)ccc1O. The Balaban J connectivity index is 1.80. The Morgan fingerprint density at radius 1 is 1.00 bits per heavy atom. The standard InChI is InChI=1S/C23H26INO11/c24-8-18(31)25-12-5-10(1-3-13(12)28)2-4-14(29)19-15(30)6-11(27)7-16(19)35-23-22(34)21(33)20(32)17(9-26)36-23/h1,3,5-7,17,20-23,26-28,30,32-34H,2,4,8-9H2,(H,25,31)/t17-,20+,21-,22-,23+/m0/s1. The van der Waals surface area contributed by atoms with Gasteiger partial charge in [0.1, 0.15) is 53.0 Å². The fourth-order valence-electron chi connectivity index (χ4n) is 3.65. The second kappa shape index (κ2) is 12.0. The molecule has 1 aliphatic rings. The molecule has 3 rings (SSSR count). The number of carbonyl (C=O) groups is 2. The van der Waals surface area contributed by atoms with E-state index in [0.29, 0.717) is 5.56 Å². The zero-order valence-electron chi connectivity index (χ0n) is 18.7. The number of aliphatic hydroxyl groups excluding tert-OH is 4. The van der Waals surface area contributed by atoms with Crippen LogP contribution in [0.1, 0.15) is 22.3 Å². The maximum atomic E-state index is 13.0. The molecule has 1 saturated heterocycles. The van der Waals surface area contributed by atoms with Crippen molar-refractivity contribution in [3.63, 3.8) is 0 Å². The number of hydrogen-bond donors (Lipinski definition) is 8. The lowest BCUT2D eigenvalue weighted by Crippen LogP contribution is -2.60. The van der Waals surface area contributed by atoms with Gasteiger partial charge in [0.2, 0.25) is 12.2 Å². The number of anilines is 1. The predicted octanol–water partition coefficient (Wildman–Crippen LogP) is 0.171. The number of aromatic hydroxyl groups is 3. The van der Waals surface area contributed by atoms with Crippen LogP contribution in [0.4, 0.5) is 5.69 Å². The summed E-state index contributed by atoms with van der Waals surface area (Å²) in [5.74, 6) is -2.50. The van der Waals surface area contributed by atoms with Crippen LogP contribution >= 0.6 is 22.6 Å². The fourth-order valence-corrected chi connectivity index (χ4v) is 3.85. The van der Waals surface area contributed by atoms with Gasteiger partial charge in [-0.25, -0.2) is 0 Å². The first-order valence-corrected chi connectivity index (χ1v) is 12.3. The molecular weight excluding hydrogens is 593 g/mol. The summed E-state index contributed by atoms with van der Waals surface area (Å²) in [6.07, 6.45) is -8.06. The highest BCUT2D eigenvalue weighted by Gasteiger charge is 2.45. The van der Waals surface area contributed by atoms with Crippen LogP contribution in [-0.2, 0) is 16.0 Å². The number of aliphatic hydroxyl groups is 4. The van der Waals surface area contributed by atoms with E-state index in [1.54, 1.807) is 6.07 Å². The third kappa shape index (κ3) is 6.35. The van der Waals surface area contributed by atoms with E-state index in [2.05, 4.69) is 5.32 Å². The number of phenols is 3. The van der Waals surface area contributed by atoms with Crippen molar-refractivity contribution in [2.75, 3.05) is 16.4 Å². The van der Waals surface area contributed by atoms with E-state index in [0.717, 1.165) is 12.1 Å². The van der Waals surface area contributed by atoms with E-state index in [4.69, 9.17) is 9.47 Å². The fraction of sp³-hybridized carbons (Fsp3) is 0.391. The lowest BCUT2D eigenvalue weighted by Gasteiger charge is -2.39. The van der Waals surface area contributed by atoms with Crippen LogP contribution in [0.2, 0.25) is 0 Å². The number of rotatable bonds is 9. The predicted molar refractivity (Wildman–Crippen MR) is 132 cm³/mol. The van der Waals surface area contributed by atoms with Gasteiger partial charge in [0.15, 0.2) is 5.78 Å². The van der Waals surface area contributed by atoms with Gasteiger partial charge < -0.3 is 50.5 Å². The largest absolute Gasteiger partial charge is 0.508 e. The molecule has 0 aromatic heterocycles. The number of hydrogen-bond acceptors (Lipinski definition) is 11. The summed E-state index contributed by atoms with van der Waals surface area (Å²) in [6, 6.07) is 6.37. The van der Waals surface area contributed by atoms with Crippen LogP contribution in [0.5, 0.6) is 23.0 Å². The molecule has 13 heteroatoms. The zero-order chi connectivity index (χ0) is 26.6. The van der Waals surface area contributed by atoms with Crippen LogP contribution in [0.15, 0.2) is 30.3 Å². The number of aryl methyl sites for hydroxylation is 1. The van der Waals surface area contributed by atoms with Gasteiger partial charge >= 0.3 is 0 Å². The Kier molecular flexibility index (Phi) is 9.32. The van der Waals surface area contributed by atoms with Gasteiger partial charge in [-0.1, -0.05) is 28.7 Å². The molecule has 2 aromatic carbocycles. The molecule has 0 saturated carbocycles. The zero-order valence-corrected chi connectivity index (χ0v) is 20.9. The molecule has 5 atom stereocenters.